The first kappa shape index (κ1) is 21.6. The number of urea groups is 1. The predicted octanol–water partition coefficient (Wildman–Crippen LogP) is 4.99. The van der Waals surface area contributed by atoms with E-state index in [2.05, 4.69) is 15.6 Å². The second-order valence-corrected chi connectivity index (χ2v) is 8.03. The Bertz CT molecular complexity index is 1140. The summed E-state index contributed by atoms with van der Waals surface area (Å²) in [6.07, 6.45) is 1.28. The average molecular weight is 459 g/mol. The molecule has 166 valence electrons. The lowest BCUT2D eigenvalue weighted by atomic mass is 10.0. The fourth-order valence-corrected chi connectivity index (χ4v) is 4.37. The Kier molecular flexibility index (Phi) is 6.26. The number of carbonyl (C=O) groups excluding carboxylic acids is 1. The molecule has 1 aromatic carbocycles. The van der Waals surface area contributed by atoms with E-state index in [1.807, 2.05) is 16.8 Å². The first-order valence-electron chi connectivity index (χ1n) is 9.85. The second-order valence-electron chi connectivity index (χ2n) is 7.25. The Hall–Kier alpha value is -3.60. The van der Waals surface area contributed by atoms with Crippen LogP contribution in [0.25, 0.3) is 0 Å². The van der Waals surface area contributed by atoms with E-state index in [1.165, 1.54) is 23.5 Å². The van der Waals surface area contributed by atoms with Gasteiger partial charge in [0.15, 0.2) is 0 Å². The van der Waals surface area contributed by atoms with Crippen LogP contribution in [-0.4, -0.2) is 22.5 Å². The van der Waals surface area contributed by atoms with Gasteiger partial charge in [-0.2, -0.15) is 11.3 Å². The summed E-state index contributed by atoms with van der Waals surface area (Å²) in [5.41, 5.74) is 0.733. The zero-order valence-corrected chi connectivity index (χ0v) is 17.6. The van der Waals surface area contributed by atoms with E-state index in [0.29, 0.717) is 25.2 Å². The normalized spacial score (nSPS) is 15.6. The van der Waals surface area contributed by atoms with E-state index in [-0.39, 0.29) is 23.6 Å². The maximum absolute atomic E-state index is 14.4. The van der Waals surface area contributed by atoms with Crippen molar-refractivity contribution in [1.82, 2.24) is 10.3 Å². The molecule has 8 nitrogen and oxygen atoms in total. The first-order valence-corrected chi connectivity index (χ1v) is 10.8. The molecule has 1 saturated heterocycles. The lowest BCUT2D eigenvalue weighted by Gasteiger charge is -2.26. The number of amides is 2. The molecule has 0 spiro atoms. The zero-order chi connectivity index (χ0) is 22.7. The van der Waals surface area contributed by atoms with Gasteiger partial charge in [0.2, 0.25) is 5.82 Å². The van der Waals surface area contributed by atoms with Crippen LogP contribution in [0.1, 0.15) is 30.0 Å². The van der Waals surface area contributed by atoms with Crippen LogP contribution in [-0.2, 0) is 6.54 Å². The molecular weight excluding hydrogens is 440 g/mol. The smallest absolute Gasteiger partial charge is 0.320 e. The highest BCUT2D eigenvalue weighted by Gasteiger charge is 2.31. The summed E-state index contributed by atoms with van der Waals surface area (Å²) in [6.45, 7) is 0.769. The molecule has 11 heteroatoms. The predicted molar refractivity (Wildman–Crippen MR) is 117 cm³/mol. The monoisotopic (exact) mass is 459 g/mol. The Morgan fingerprint density at radius 3 is 2.88 bits per heavy atom. The van der Waals surface area contributed by atoms with Crippen LogP contribution in [0, 0.1) is 21.7 Å². The fraction of sp³-hybridized carbons (Fsp3) is 0.238. The molecule has 2 amide bonds. The van der Waals surface area contributed by atoms with Crippen molar-refractivity contribution < 1.29 is 18.5 Å². The van der Waals surface area contributed by atoms with Gasteiger partial charge in [0.1, 0.15) is 17.5 Å². The number of nitrogens with one attached hydrogen (secondary N) is 2. The quantitative estimate of drug-likeness (QED) is 0.399. The van der Waals surface area contributed by atoms with Crippen LogP contribution >= 0.6 is 11.3 Å². The molecule has 1 unspecified atom stereocenters. The van der Waals surface area contributed by atoms with E-state index in [0.717, 1.165) is 23.8 Å². The summed E-state index contributed by atoms with van der Waals surface area (Å²) in [5, 5.41) is 20.2. The molecule has 2 aromatic heterocycles. The first-order chi connectivity index (χ1) is 15.4. The average Bonchev–Trinajstić information content (AvgIpc) is 3.46. The number of hydrogen-bond acceptors (Lipinski definition) is 6. The van der Waals surface area contributed by atoms with Crippen molar-refractivity contribution in [2.45, 2.75) is 25.4 Å². The third kappa shape index (κ3) is 4.67. The lowest BCUT2D eigenvalue weighted by Crippen LogP contribution is -2.29. The largest absolute Gasteiger partial charge is 0.349 e. The third-order valence-electron chi connectivity index (χ3n) is 5.19. The number of anilines is 2. The van der Waals surface area contributed by atoms with E-state index in [4.69, 9.17) is 0 Å². The van der Waals surface area contributed by atoms with Gasteiger partial charge in [-0.1, -0.05) is 0 Å². The minimum Gasteiger partial charge on any atom is -0.349 e. The number of thiophene rings is 1. The third-order valence-corrected chi connectivity index (χ3v) is 5.92. The molecule has 4 rings (SSSR count). The van der Waals surface area contributed by atoms with Crippen molar-refractivity contribution in [2.24, 2.45) is 0 Å². The van der Waals surface area contributed by atoms with Crippen molar-refractivity contribution in [1.29, 1.82) is 0 Å². The summed E-state index contributed by atoms with van der Waals surface area (Å²) in [4.78, 5) is 29.1. The van der Waals surface area contributed by atoms with E-state index in [9.17, 15) is 23.7 Å². The number of carbonyl (C=O) groups is 1. The standard InChI is InChI=1S/C21H19F2N5O3S/c22-14-3-4-16(23)15(10-14)17-2-1-8-27(17)19-6-5-18(28(30)31)20(25-19)26-21(29)24-11-13-7-9-32-12-13/h3-7,9-10,12,17H,1-2,8,11H2,(H2,24,25,26,29). The summed E-state index contributed by atoms with van der Waals surface area (Å²) in [5.74, 6) is -0.971. The highest BCUT2D eigenvalue weighted by atomic mass is 32.1. The zero-order valence-electron chi connectivity index (χ0n) is 16.8. The number of aromatic nitrogens is 1. The van der Waals surface area contributed by atoms with E-state index < -0.39 is 28.6 Å². The number of benzene rings is 1. The number of halogens is 2. The molecular formula is C21H19F2N5O3S. The van der Waals surface area contributed by atoms with Gasteiger partial charge >= 0.3 is 11.7 Å². The fourth-order valence-electron chi connectivity index (χ4n) is 3.70. The molecule has 0 aliphatic carbocycles. The van der Waals surface area contributed by atoms with Gasteiger partial charge in [-0.05, 0) is 59.5 Å². The maximum atomic E-state index is 14.4. The van der Waals surface area contributed by atoms with Gasteiger partial charge in [-0.15, -0.1) is 0 Å². The summed E-state index contributed by atoms with van der Waals surface area (Å²) < 4.78 is 28.1. The van der Waals surface area contributed by atoms with Crippen LogP contribution in [0.4, 0.5) is 30.9 Å². The SMILES string of the molecule is O=C(NCc1ccsc1)Nc1nc(N2CCCC2c2cc(F)ccc2F)ccc1[N+](=O)[O-]. The molecule has 3 aromatic rings. The van der Waals surface area contributed by atoms with E-state index >= 15 is 0 Å². The highest BCUT2D eigenvalue weighted by molar-refractivity contribution is 7.07. The minimum absolute atomic E-state index is 0.200. The van der Waals surface area contributed by atoms with Crippen LogP contribution in [0.2, 0.25) is 0 Å². The molecule has 32 heavy (non-hydrogen) atoms. The van der Waals surface area contributed by atoms with Gasteiger partial charge in [0.05, 0.1) is 11.0 Å². The molecule has 1 aliphatic heterocycles. The molecule has 1 atom stereocenters. The van der Waals surface area contributed by atoms with E-state index in [1.54, 1.807) is 4.90 Å². The summed E-state index contributed by atoms with van der Waals surface area (Å²) in [6, 6.07) is 6.72. The molecule has 1 fully saturated rings. The Labute approximate surface area is 186 Å². The van der Waals surface area contributed by atoms with Crippen molar-refractivity contribution in [2.75, 3.05) is 16.8 Å². The Morgan fingerprint density at radius 2 is 2.12 bits per heavy atom. The van der Waals surface area contributed by atoms with Crippen molar-refractivity contribution in [3.8, 4) is 0 Å². The van der Waals surface area contributed by atoms with Crippen LogP contribution in [0.5, 0.6) is 0 Å². The molecule has 0 saturated carbocycles. The van der Waals surface area contributed by atoms with Crippen LogP contribution in [0.15, 0.2) is 47.2 Å². The molecule has 0 bridgehead atoms. The maximum Gasteiger partial charge on any atom is 0.320 e. The highest BCUT2D eigenvalue weighted by Crippen LogP contribution is 2.38. The Morgan fingerprint density at radius 1 is 1.28 bits per heavy atom. The number of nitro groups is 1. The van der Waals surface area contributed by atoms with Gasteiger partial charge in [-0.3, -0.25) is 15.4 Å². The number of pyridine rings is 1. The molecule has 0 radical (unpaired) electrons. The van der Waals surface area contributed by atoms with Gasteiger partial charge < -0.3 is 10.2 Å². The van der Waals surface area contributed by atoms with Gasteiger partial charge in [0, 0.05) is 24.7 Å². The number of nitrogens with zero attached hydrogens (tertiary/aromatic N) is 3. The number of hydrogen-bond donors (Lipinski definition) is 2. The van der Waals surface area contributed by atoms with Crippen molar-refractivity contribution >= 4 is 34.7 Å². The summed E-state index contributed by atoms with van der Waals surface area (Å²) >= 11 is 1.49. The van der Waals surface area contributed by atoms with Gasteiger partial charge in [0.25, 0.3) is 0 Å². The van der Waals surface area contributed by atoms with Crippen molar-refractivity contribution in [3.05, 3.63) is 80.0 Å². The second kappa shape index (κ2) is 9.27. The summed E-state index contributed by atoms with van der Waals surface area (Å²) in [7, 11) is 0. The molecule has 1 aliphatic rings. The van der Waals surface area contributed by atoms with Crippen LogP contribution in [0.3, 0.4) is 0 Å². The molecule has 2 N–H and O–H groups in total. The lowest BCUT2D eigenvalue weighted by molar-refractivity contribution is -0.384. The number of rotatable bonds is 6. The minimum atomic E-state index is -0.641. The Balaban J connectivity index is 1.58. The van der Waals surface area contributed by atoms with Crippen LogP contribution < -0.4 is 15.5 Å². The van der Waals surface area contributed by atoms with Crippen molar-refractivity contribution in [3.63, 3.8) is 0 Å². The molecule has 3 heterocycles. The topological polar surface area (TPSA) is 100 Å². The van der Waals surface area contributed by atoms with Gasteiger partial charge in [-0.25, -0.2) is 18.6 Å².